The van der Waals surface area contributed by atoms with E-state index in [0.717, 1.165) is 61.4 Å². The van der Waals surface area contributed by atoms with E-state index in [9.17, 15) is 9.59 Å². The lowest BCUT2D eigenvalue weighted by Gasteiger charge is -2.35. The van der Waals surface area contributed by atoms with Crippen LogP contribution in [0.1, 0.15) is 130 Å². The molecule has 0 saturated carbocycles. The third-order valence-electron chi connectivity index (χ3n) is 7.93. The molecule has 0 bridgehead atoms. The highest BCUT2D eigenvalue weighted by atomic mass is 32.1. The average Bonchev–Trinajstić information content (AvgIpc) is 3.23. The molecule has 3 rings (SSSR count). The number of aromatic amines is 1. The lowest BCUT2D eigenvalue weighted by atomic mass is 9.89. The summed E-state index contributed by atoms with van der Waals surface area (Å²) in [5, 5.41) is 1.34. The summed E-state index contributed by atoms with van der Waals surface area (Å²) >= 11 is 1.92. The van der Waals surface area contributed by atoms with E-state index in [2.05, 4.69) is 44.5 Å². The number of thiophene rings is 1. The molecule has 1 saturated heterocycles. The fourth-order valence-electron chi connectivity index (χ4n) is 5.78. The second-order valence-electron chi connectivity index (χ2n) is 11.4. The molecule has 2 aromatic heterocycles. The lowest BCUT2D eigenvalue weighted by Crippen LogP contribution is -2.39. The summed E-state index contributed by atoms with van der Waals surface area (Å²) in [4.78, 5) is 30.9. The molecular formula is C33H54N2O3S. The fourth-order valence-corrected chi connectivity index (χ4v) is 7.41. The molecule has 0 spiro atoms. The number of aryl methyl sites for hydroxylation is 2. The molecule has 6 heteroatoms. The van der Waals surface area contributed by atoms with Crippen molar-refractivity contribution in [1.82, 2.24) is 4.98 Å². The molecular weight excluding hydrogens is 504 g/mol. The largest absolute Gasteiger partial charge is 0.381 e. The van der Waals surface area contributed by atoms with Gasteiger partial charge in [0.2, 0.25) is 0 Å². The van der Waals surface area contributed by atoms with Gasteiger partial charge in [0, 0.05) is 53.9 Å². The normalized spacial score (nSPS) is 14.7. The summed E-state index contributed by atoms with van der Waals surface area (Å²) in [6, 6.07) is 2.54. The van der Waals surface area contributed by atoms with Gasteiger partial charge >= 0.3 is 0 Å². The van der Waals surface area contributed by atoms with E-state index in [1.54, 1.807) is 0 Å². The SMILES string of the molecule is CCCC(CCC(C)C)c1sc(N(CC)C2CCOCC2)c(C)c1C(=O)CC.CCc1c(C)cc(C)[nH]c1=O. The first kappa shape index (κ1) is 33.3. The molecule has 0 amide bonds. The van der Waals surface area contributed by atoms with Crippen molar-refractivity contribution in [2.24, 2.45) is 5.92 Å². The number of pyridine rings is 1. The van der Waals surface area contributed by atoms with E-state index in [4.69, 9.17) is 4.74 Å². The highest BCUT2D eigenvalue weighted by Gasteiger charge is 2.30. The van der Waals surface area contributed by atoms with Gasteiger partial charge in [0.1, 0.15) is 0 Å². The second-order valence-corrected chi connectivity index (χ2v) is 12.5. The summed E-state index contributed by atoms with van der Waals surface area (Å²) in [5.74, 6) is 1.55. The van der Waals surface area contributed by atoms with Crippen molar-refractivity contribution in [3.63, 3.8) is 0 Å². The van der Waals surface area contributed by atoms with Gasteiger partial charge in [0.05, 0.1) is 5.00 Å². The number of anilines is 1. The number of hydrogen-bond acceptors (Lipinski definition) is 5. The molecule has 220 valence electrons. The smallest absolute Gasteiger partial charge is 0.251 e. The Bertz CT molecular complexity index is 1100. The average molecular weight is 559 g/mol. The summed E-state index contributed by atoms with van der Waals surface area (Å²) in [7, 11) is 0. The maximum atomic E-state index is 13.0. The van der Waals surface area contributed by atoms with E-state index in [1.807, 2.05) is 45.1 Å². The number of rotatable bonds is 12. The molecule has 0 radical (unpaired) electrons. The van der Waals surface area contributed by atoms with Crippen molar-refractivity contribution in [1.29, 1.82) is 0 Å². The third kappa shape index (κ3) is 9.04. The van der Waals surface area contributed by atoms with Crippen LogP contribution in [-0.2, 0) is 11.2 Å². The Balaban J connectivity index is 0.000000404. The van der Waals surface area contributed by atoms with Gasteiger partial charge in [0.15, 0.2) is 5.78 Å². The molecule has 5 nitrogen and oxygen atoms in total. The minimum atomic E-state index is 0.0602. The standard InChI is InChI=1S/C24H41NO2S.C9H13NO/c1-7-10-19(12-11-17(4)5)23-22(21(26)8-2)18(6)24(28-23)25(9-3)20-13-15-27-16-14-20;1-4-8-6(2)5-7(3)10-9(8)11/h17,19-20H,7-16H2,1-6H3;5H,4H2,1-3H3,(H,10,11). The number of Topliss-reactive ketones (excluding diaryl/α,β-unsaturated/α-hetero) is 1. The predicted octanol–water partition coefficient (Wildman–Crippen LogP) is 8.53. The van der Waals surface area contributed by atoms with Gasteiger partial charge < -0.3 is 14.6 Å². The van der Waals surface area contributed by atoms with Gasteiger partial charge in [-0.3, -0.25) is 9.59 Å². The number of carbonyl (C=O) groups excluding carboxylic acids is 1. The van der Waals surface area contributed by atoms with Crippen LogP contribution < -0.4 is 10.5 Å². The molecule has 2 aromatic rings. The number of hydrogen-bond donors (Lipinski definition) is 1. The van der Waals surface area contributed by atoms with Crippen molar-refractivity contribution in [3.05, 3.63) is 49.2 Å². The summed E-state index contributed by atoms with van der Waals surface area (Å²) in [5.41, 5.74) is 5.26. The molecule has 1 unspecified atom stereocenters. The monoisotopic (exact) mass is 558 g/mol. The first-order chi connectivity index (χ1) is 18.6. The maximum absolute atomic E-state index is 13.0. The molecule has 39 heavy (non-hydrogen) atoms. The van der Waals surface area contributed by atoms with Crippen LogP contribution in [-0.4, -0.2) is 36.6 Å². The Morgan fingerprint density at radius 2 is 1.74 bits per heavy atom. The van der Waals surface area contributed by atoms with Crippen molar-refractivity contribution < 1.29 is 9.53 Å². The fraction of sp³-hybridized carbons (Fsp3) is 0.697. The first-order valence-electron chi connectivity index (χ1n) is 15.3. The number of H-pyrrole nitrogens is 1. The quantitative estimate of drug-likeness (QED) is 0.265. The Morgan fingerprint density at radius 1 is 1.08 bits per heavy atom. The first-order valence-corrected chi connectivity index (χ1v) is 16.1. The summed E-state index contributed by atoms with van der Waals surface area (Å²) < 4.78 is 5.59. The Labute approximate surface area is 241 Å². The zero-order chi connectivity index (χ0) is 29.1. The molecule has 0 aliphatic carbocycles. The van der Waals surface area contributed by atoms with E-state index in [1.165, 1.54) is 41.1 Å². The van der Waals surface area contributed by atoms with Gasteiger partial charge in [0.25, 0.3) is 5.56 Å². The van der Waals surface area contributed by atoms with Crippen LogP contribution >= 0.6 is 11.3 Å². The third-order valence-corrected chi connectivity index (χ3v) is 9.42. The molecule has 3 heterocycles. The molecule has 1 aliphatic heterocycles. The van der Waals surface area contributed by atoms with Crippen LogP contribution in [0, 0.1) is 26.7 Å². The number of ketones is 1. The number of nitrogens with one attached hydrogen (secondary N) is 1. The van der Waals surface area contributed by atoms with E-state index >= 15 is 0 Å². The van der Waals surface area contributed by atoms with Gasteiger partial charge in [-0.05, 0) is 88.8 Å². The number of aromatic nitrogens is 1. The number of nitrogens with zero attached hydrogens (tertiary/aromatic N) is 1. The van der Waals surface area contributed by atoms with Crippen LogP contribution in [0.2, 0.25) is 0 Å². The molecule has 0 aromatic carbocycles. The van der Waals surface area contributed by atoms with Crippen LogP contribution in [0.4, 0.5) is 5.00 Å². The van der Waals surface area contributed by atoms with Crippen LogP contribution in [0.3, 0.4) is 0 Å². The van der Waals surface area contributed by atoms with Crippen molar-refractivity contribution in [3.8, 4) is 0 Å². The Morgan fingerprint density at radius 3 is 2.26 bits per heavy atom. The van der Waals surface area contributed by atoms with Crippen LogP contribution in [0.25, 0.3) is 0 Å². The Kier molecular flexibility index (Phi) is 14.0. The topological polar surface area (TPSA) is 62.4 Å². The zero-order valence-corrected chi connectivity index (χ0v) is 27.0. The molecule has 1 atom stereocenters. The van der Waals surface area contributed by atoms with Crippen LogP contribution in [0.5, 0.6) is 0 Å². The number of ether oxygens (including phenoxy) is 1. The Hall–Kier alpha value is -1.92. The molecule has 1 N–H and O–H groups in total. The molecule has 1 aliphatic rings. The van der Waals surface area contributed by atoms with E-state index in [0.29, 0.717) is 30.1 Å². The van der Waals surface area contributed by atoms with Crippen molar-refractivity contribution in [2.75, 3.05) is 24.7 Å². The van der Waals surface area contributed by atoms with E-state index in [-0.39, 0.29) is 5.56 Å². The lowest BCUT2D eigenvalue weighted by molar-refractivity contribution is 0.0847. The highest BCUT2D eigenvalue weighted by Crippen LogP contribution is 2.44. The van der Waals surface area contributed by atoms with Gasteiger partial charge in [-0.25, -0.2) is 0 Å². The minimum absolute atomic E-state index is 0.0602. The molecule has 1 fully saturated rings. The zero-order valence-electron chi connectivity index (χ0n) is 26.2. The van der Waals surface area contributed by atoms with Gasteiger partial charge in [-0.1, -0.05) is 47.5 Å². The van der Waals surface area contributed by atoms with Gasteiger partial charge in [-0.15, -0.1) is 11.3 Å². The van der Waals surface area contributed by atoms with Crippen molar-refractivity contribution >= 4 is 22.1 Å². The maximum Gasteiger partial charge on any atom is 0.251 e. The van der Waals surface area contributed by atoms with E-state index < -0.39 is 0 Å². The predicted molar refractivity (Wildman–Crippen MR) is 168 cm³/mol. The highest BCUT2D eigenvalue weighted by molar-refractivity contribution is 7.16. The number of carbonyl (C=O) groups is 1. The van der Waals surface area contributed by atoms with Crippen molar-refractivity contribution in [2.45, 2.75) is 126 Å². The minimum Gasteiger partial charge on any atom is -0.381 e. The van der Waals surface area contributed by atoms with Crippen LogP contribution in [0.15, 0.2) is 10.9 Å². The van der Waals surface area contributed by atoms with Gasteiger partial charge in [-0.2, -0.15) is 0 Å². The summed E-state index contributed by atoms with van der Waals surface area (Å²) in [6.45, 7) is 21.9. The second kappa shape index (κ2) is 16.4. The summed E-state index contributed by atoms with van der Waals surface area (Å²) in [6.07, 6.45) is 8.35.